The van der Waals surface area contributed by atoms with Gasteiger partial charge in [0.05, 0.1) is 0 Å². The van der Waals surface area contributed by atoms with Crippen LogP contribution in [0.15, 0.2) is 24.3 Å². The number of hydrogen-bond donors (Lipinski definition) is 3. The van der Waals surface area contributed by atoms with E-state index in [9.17, 15) is 9.90 Å². The molecule has 0 aromatic heterocycles. The number of likely N-dealkylation sites (tertiary alicyclic amines) is 1. The third-order valence-corrected chi connectivity index (χ3v) is 4.03. The summed E-state index contributed by atoms with van der Waals surface area (Å²) in [5.74, 6) is 0.377. The van der Waals surface area contributed by atoms with Gasteiger partial charge in [-0.1, -0.05) is 18.2 Å². The second-order valence-electron chi connectivity index (χ2n) is 5.65. The molecule has 1 amide bonds. The molecule has 5 nitrogen and oxygen atoms in total. The van der Waals surface area contributed by atoms with Crippen molar-refractivity contribution in [3.8, 4) is 0 Å². The highest BCUT2D eigenvalue weighted by atomic mass is 16.3. The molecule has 1 aliphatic rings. The van der Waals surface area contributed by atoms with Gasteiger partial charge in [-0.3, -0.25) is 4.79 Å². The molecule has 116 valence electrons. The first-order valence-corrected chi connectivity index (χ1v) is 7.64. The van der Waals surface area contributed by atoms with Gasteiger partial charge in [0.25, 0.3) is 0 Å². The van der Waals surface area contributed by atoms with Gasteiger partial charge in [-0.15, -0.1) is 0 Å². The lowest BCUT2D eigenvalue weighted by Crippen LogP contribution is -2.38. The number of nitrogens with two attached hydrogens (primary N) is 1. The summed E-state index contributed by atoms with van der Waals surface area (Å²) >= 11 is 0. The fourth-order valence-corrected chi connectivity index (χ4v) is 2.80. The zero-order valence-electron chi connectivity index (χ0n) is 12.4. The number of carbonyl (C=O) groups is 1. The Morgan fingerprint density at radius 1 is 1.43 bits per heavy atom. The number of nitrogens with one attached hydrogen (secondary N) is 1. The van der Waals surface area contributed by atoms with Crippen molar-refractivity contribution in [3.63, 3.8) is 0 Å². The molecule has 1 aliphatic heterocycles. The number of benzene rings is 1. The predicted octanol–water partition coefficient (Wildman–Crippen LogP) is 1.18. The summed E-state index contributed by atoms with van der Waals surface area (Å²) in [6, 6.07) is 7.61. The number of rotatable bonds is 6. The van der Waals surface area contributed by atoms with E-state index < -0.39 is 0 Å². The summed E-state index contributed by atoms with van der Waals surface area (Å²) in [5.41, 5.74) is 7.42. The molecule has 0 radical (unpaired) electrons. The largest absolute Gasteiger partial charge is 0.396 e. The Bertz CT molecular complexity index is 465. The highest BCUT2D eigenvalue weighted by Crippen LogP contribution is 2.17. The number of carbonyl (C=O) groups excluding carboxylic acids is 1. The van der Waals surface area contributed by atoms with Crippen molar-refractivity contribution >= 4 is 11.6 Å². The molecule has 0 aliphatic carbocycles. The van der Waals surface area contributed by atoms with Crippen LogP contribution in [0.3, 0.4) is 0 Å². The van der Waals surface area contributed by atoms with Crippen LogP contribution >= 0.6 is 0 Å². The van der Waals surface area contributed by atoms with Crippen LogP contribution in [0, 0.1) is 5.92 Å². The van der Waals surface area contributed by atoms with E-state index in [0.29, 0.717) is 18.9 Å². The number of piperidine rings is 1. The molecule has 1 atom stereocenters. The molecule has 0 spiro atoms. The Labute approximate surface area is 126 Å². The van der Waals surface area contributed by atoms with Gasteiger partial charge in [-0.25, -0.2) is 0 Å². The summed E-state index contributed by atoms with van der Waals surface area (Å²) in [6.45, 7) is 3.31. The van der Waals surface area contributed by atoms with Crippen LogP contribution in [0.25, 0.3) is 0 Å². The van der Waals surface area contributed by atoms with Gasteiger partial charge >= 0.3 is 0 Å². The van der Waals surface area contributed by atoms with Crippen LogP contribution in [0.2, 0.25) is 0 Å². The molecule has 1 fully saturated rings. The number of hydrogen-bond acceptors (Lipinski definition) is 4. The topological polar surface area (TPSA) is 78.6 Å². The van der Waals surface area contributed by atoms with E-state index in [0.717, 1.165) is 43.7 Å². The molecule has 1 saturated heterocycles. The fraction of sp³-hybridized carbons (Fsp3) is 0.562. The second-order valence-corrected chi connectivity index (χ2v) is 5.65. The second kappa shape index (κ2) is 8.12. The molecule has 2 rings (SSSR count). The maximum absolute atomic E-state index is 12.0. The molecule has 21 heavy (non-hydrogen) atoms. The average Bonchev–Trinajstić information content (AvgIpc) is 2.53. The van der Waals surface area contributed by atoms with E-state index in [2.05, 4.69) is 10.2 Å². The van der Waals surface area contributed by atoms with E-state index in [-0.39, 0.29) is 12.5 Å². The highest BCUT2D eigenvalue weighted by molar-refractivity contribution is 5.91. The summed E-state index contributed by atoms with van der Waals surface area (Å²) in [5, 5.41) is 12.2. The molecule has 5 heteroatoms. The quantitative estimate of drug-likeness (QED) is 0.735. The first-order valence-electron chi connectivity index (χ1n) is 7.64. The lowest BCUT2D eigenvalue weighted by Gasteiger charge is -2.31. The minimum atomic E-state index is 0.0158. The van der Waals surface area contributed by atoms with E-state index in [1.165, 1.54) is 0 Å². The Morgan fingerprint density at radius 3 is 3.00 bits per heavy atom. The molecule has 1 aromatic carbocycles. The Morgan fingerprint density at radius 2 is 2.24 bits per heavy atom. The third-order valence-electron chi connectivity index (χ3n) is 4.03. The molecule has 0 saturated carbocycles. The predicted molar refractivity (Wildman–Crippen MR) is 83.8 cm³/mol. The van der Waals surface area contributed by atoms with Crippen molar-refractivity contribution < 1.29 is 9.90 Å². The first kappa shape index (κ1) is 15.9. The normalized spacial score (nSPS) is 19.4. The van der Waals surface area contributed by atoms with Crippen molar-refractivity contribution in [2.24, 2.45) is 11.7 Å². The number of nitrogens with zero attached hydrogens (tertiary/aromatic N) is 1. The van der Waals surface area contributed by atoms with Crippen LogP contribution in [0.5, 0.6) is 0 Å². The Kier molecular flexibility index (Phi) is 6.17. The summed E-state index contributed by atoms with van der Waals surface area (Å²) in [6.07, 6.45) is 2.66. The fourth-order valence-electron chi connectivity index (χ4n) is 2.80. The highest BCUT2D eigenvalue weighted by Gasteiger charge is 2.19. The summed E-state index contributed by atoms with van der Waals surface area (Å²) < 4.78 is 0. The van der Waals surface area contributed by atoms with E-state index >= 15 is 0 Å². The standard InChI is InChI=1S/C16H25N3O2/c17-10-14-5-1-2-6-15(14)18-16(21)7-9-19-8-3-4-13(11-19)12-20/h1-2,5-6,13,20H,3-4,7-12,17H2,(H,18,21). The number of amides is 1. The summed E-state index contributed by atoms with van der Waals surface area (Å²) in [4.78, 5) is 14.3. The van der Waals surface area contributed by atoms with E-state index in [1.807, 2.05) is 24.3 Å². The number of aliphatic hydroxyl groups is 1. The van der Waals surface area contributed by atoms with Gasteiger partial charge in [0, 0.05) is 38.3 Å². The minimum Gasteiger partial charge on any atom is -0.396 e. The van der Waals surface area contributed by atoms with Crippen molar-refractivity contribution in [1.29, 1.82) is 0 Å². The lowest BCUT2D eigenvalue weighted by atomic mass is 9.99. The zero-order chi connectivity index (χ0) is 15.1. The van der Waals surface area contributed by atoms with Crippen LogP contribution in [-0.4, -0.2) is 42.2 Å². The van der Waals surface area contributed by atoms with Crippen molar-refractivity contribution in [1.82, 2.24) is 4.90 Å². The van der Waals surface area contributed by atoms with Crippen LogP contribution in [0.4, 0.5) is 5.69 Å². The van der Waals surface area contributed by atoms with Crippen LogP contribution in [0.1, 0.15) is 24.8 Å². The first-order chi connectivity index (χ1) is 10.2. The smallest absolute Gasteiger partial charge is 0.225 e. The van der Waals surface area contributed by atoms with Gasteiger partial charge < -0.3 is 21.1 Å². The molecule has 1 heterocycles. The van der Waals surface area contributed by atoms with Crippen molar-refractivity contribution in [2.75, 3.05) is 31.6 Å². The molecule has 4 N–H and O–H groups in total. The van der Waals surface area contributed by atoms with Gasteiger partial charge in [0.2, 0.25) is 5.91 Å². The molecular weight excluding hydrogens is 266 g/mol. The maximum atomic E-state index is 12.0. The SMILES string of the molecule is NCc1ccccc1NC(=O)CCN1CCCC(CO)C1. The lowest BCUT2D eigenvalue weighted by molar-refractivity contribution is -0.116. The summed E-state index contributed by atoms with van der Waals surface area (Å²) in [7, 11) is 0. The van der Waals surface area contributed by atoms with Gasteiger partial charge in [0.15, 0.2) is 0 Å². The third kappa shape index (κ3) is 4.81. The number of para-hydroxylation sites is 1. The Balaban J connectivity index is 1.79. The van der Waals surface area contributed by atoms with Gasteiger partial charge in [-0.05, 0) is 36.9 Å². The number of anilines is 1. The molecule has 1 unspecified atom stereocenters. The van der Waals surface area contributed by atoms with Gasteiger partial charge in [-0.2, -0.15) is 0 Å². The van der Waals surface area contributed by atoms with Crippen LogP contribution < -0.4 is 11.1 Å². The van der Waals surface area contributed by atoms with E-state index in [1.54, 1.807) is 0 Å². The monoisotopic (exact) mass is 291 g/mol. The molecule has 1 aromatic rings. The van der Waals surface area contributed by atoms with Crippen LogP contribution in [-0.2, 0) is 11.3 Å². The Hall–Kier alpha value is -1.43. The average molecular weight is 291 g/mol. The van der Waals surface area contributed by atoms with Gasteiger partial charge in [0.1, 0.15) is 0 Å². The molecule has 0 bridgehead atoms. The van der Waals surface area contributed by atoms with E-state index in [4.69, 9.17) is 5.73 Å². The zero-order valence-corrected chi connectivity index (χ0v) is 12.4. The van der Waals surface area contributed by atoms with Crippen molar-refractivity contribution in [3.05, 3.63) is 29.8 Å². The maximum Gasteiger partial charge on any atom is 0.225 e. The molecular formula is C16H25N3O2. The minimum absolute atomic E-state index is 0.0158. The van der Waals surface area contributed by atoms with Crippen molar-refractivity contribution in [2.45, 2.75) is 25.8 Å². The number of aliphatic hydroxyl groups excluding tert-OH is 1.